The van der Waals surface area contributed by atoms with Crippen LogP contribution in [0.4, 0.5) is 11.5 Å². The van der Waals surface area contributed by atoms with Crippen LogP contribution in [0.25, 0.3) is 17.1 Å². The van der Waals surface area contributed by atoms with E-state index in [1.165, 1.54) is 4.68 Å². The molecule has 0 saturated heterocycles. The molecule has 14 heteroatoms. The molecular weight excluding hydrogens is 422 g/mol. The van der Waals surface area contributed by atoms with E-state index in [0.717, 1.165) is 24.4 Å². The van der Waals surface area contributed by atoms with Crippen LogP contribution in [0.2, 0.25) is 0 Å². The molecule has 2 aromatic heterocycles. The molecule has 0 aliphatic rings. The highest BCUT2D eigenvalue weighted by atomic mass is 16.6. The molecular formula is C18H13N9O5. The summed E-state index contributed by atoms with van der Waals surface area (Å²) in [5.74, 6) is -1.01. The number of hydrogen-bond acceptors (Lipinski definition) is 11. The molecule has 0 spiro atoms. The minimum absolute atomic E-state index is 0.0351. The molecule has 14 nitrogen and oxygen atoms in total. The van der Waals surface area contributed by atoms with Crippen molar-refractivity contribution in [3.05, 3.63) is 69.9 Å². The number of aromatic hydroxyl groups is 1. The van der Waals surface area contributed by atoms with Crippen molar-refractivity contribution in [3.63, 3.8) is 0 Å². The third-order valence-electron chi connectivity index (χ3n) is 4.22. The molecule has 0 atom stereocenters. The Bertz CT molecular complexity index is 1330. The molecule has 0 unspecified atom stereocenters. The largest absolute Gasteiger partial charge is 0.507 e. The number of hydrogen-bond donors (Lipinski definition) is 3. The van der Waals surface area contributed by atoms with Crippen LogP contribution in [0.1, 0.15) is 16.1 Å². The lowest BCUT2D eigenvalue weighted by Crippen LogP contribution is -2.19. The third kappa shape index (κ3) is 3.82. The molecule has 0 saturated carbocycles. The summed E-state index contributed by atoms with van der Waals surface area (Å²) in [7, 11) is 0. The number of aromatic nitrogens is 5. The summed E-state index contributed by atoms with van der Waals surface area (Å²) < 4.78 is 5.80. The number of carbonyl (C=O) groups excluding carboxylic acids is 1. The molecule has 2 aromatic carbocycles. The van der Waals surface area contributed by atoms with Gasteiger partial charge in [-0.15, -0.1) is 5.10 Å². The Balaban J connectivity index is 1.66. The van der Waals surface area contributed by atoms with Crippen LogP contribution in [0, 0.1) is 10.1 Å². The van der Waals surface area contributed by atoms with Gasteiger partial charge in [0, 0.05) is 23.3 Å². The number of non-ortho nitro benzene ring substituents is 1. The second-order valence-corrected chi connectivity index (χ2v) is 6.24. The van der Waals surface area contributed by atoms with Crippen molar-refractivity contribution in [1.29, 1.82) is 0 Å². The van der Waals surface area contributed by atoms with E-state index in [4.69, 9.17) is 5.73 Å². The third-order valence-corrected chi connectivity index (χ3v) is 4.22. The predicted molar refractivity (Wildman–Crippen MR) is 109 cm³/mol. The van der Waals surface area contributed by atoms with Crippen molar-refractivity contribution in [3.8, 4) is 22.8 Å². The van der Waals surface area contributed by atoms with Gasteiger partial charge in [-0.2, -0.15) is 9.78 Å². The number of nitrogens with zero attached hydrogens (tertiary/aromatic N) is 7. The Morgan fingerprint density at radius 1 is 1.25 bits per heavy atom. The number of nitrogen functional groups attached to an aromatic ring is 1. The van der Waals surface area contributed by atoms with Gasteiger partial charge in [-0.25, -0.2) is 10.1 Å². The average Bonchev–Trinajstić information content (AvgIpc) is 3.41. The van der Waals surface area contributed by atoms with Crippen molar-refractivity contribution in [2.75, 3.05) is 5.73 Å². The Kier molecular flexibility index (Phi) is 5.23. The second kappa shape index (κ2) is 8.31. The number of phenols is 1. The van der Waals surface area contributed by atoms with Gasteiger partial charge in [-0.1, -0.05) is 35.5 Å². The number of hydrazone groups is 1. The van der Waals surface area contributed by atoms with Crippen LogP contribution in [0.5, 0.6) is 5.75 Å². The minimum atomic E-state index is -0.744. The zero-order chi connectivity index (χ0) is 22.7. The van der Waals surface area contributed by atoms with E-state index in [0.29, 0.717) is 5.56 Å². The number of benzene rings is 2. The number of nitrogens with one attached hydrogen (secondary N) is 1. The van der Waals surface area contributed by atoms with E-state index in [-0.39, 0.29) is 40.0 Å². The molecule has 0 fully saturated rings. The Hall–Kier alpha value is -5.14. The van der Waals surface area contributed by atoms with Gasteiger partial charge in [0.1, 0.15) is 11.4 Å². The molecule has 32 heavy (non-hydrogen) atoms. The average molecular weight is 435 g/mol. The maximum Gasteiger partial charge on any atom is 0.294 e. The van der Waals surface area contributed by atoms with Crippen LogP contribution in [-0.2, 0) is 0 Å². The highest BCUT2D eigenvalue weighted by molar-refractivity contribution is 5.99. The van der Waals surface area contributed by atoms with E-state index in [9.17, 15) is 20.0 Å². The van der Waals surface area contributed by atoms with Crippen LogP contribution >= 0.6 is 0 Å². The first kappa shape index (κ1) is 20.1. The highest BCUT2D eigenvalue weighted by Crippen LogP contribution is 2.26. The second-order valence-electron chi connectivity index (χ2n) is 6.24. The number of carbonyl (C=O) groups is 1. The van der Waals surface area contributed by atoms with Crippen LogP contribution < -0.4 is 11.2 Å². The summed E-state index contributed by atoms with van der Waals surface area (Å²) in [4.78, 5) is 23.0. The summed E-state index contributed by atoms with van der Waals surface area (Å²) in [6.07, 6.45) is 1.06. The maximum absolute atomic E-state index is 12.8. The monoisotopic (exact) mass is 435 g/mol. The van der Waals surface area contributed by atoms with Gasteiger partial charge < -0.3 is 10.8 Å². The standard InChI is InChI=1S/C18H13N9O5/c19-16-17(24-32-23-16)26-15(10-4-2-1-3-5-10)14(21-25-26)18(29)22-20-9-11-8-12(27(30)31)6-7-13(11)28/h1-9,28H,(H2,19,23)(H,22,29). The highest BCUT2D eigenvalue weighted by Gasteiger charge is 2.25. The van der Waals surface area contributed by atoms with Crippen molar-refractivity contribution < 1.29 is 19.5 Å². The minimum Gasteiger partial charge on any atom is -0.507 e. The number of amides is 1. The summed E-state index contributed by atoms with van der Waals surface area (Å²) in [5, 5.41) is 39.5. The van der Waals surface area contributed by atoms with Gasteiger partial charge in [-0.3, -0.25) is 14.9 Å². The fourth-order valence-electron chi connectivity index (χ4n) is 2.75. The molecule has 4 aromatic rings. The summed E-state index contributed by atoms with van der Waals surface area (Å²) in [5.41, 5.74) is 8.50. The fraction of sp³-hybridized carbons (Fsp3) is 0. The number of nitro groups is 1. The number of rotatable bonds is 6. The number of anilines is 1. The topological polar surface area (TPSA) is 200 Å². The van der Waals surface area contributed by atoms with Gasteiger partial charge in [0.25, 0.3) is 11.6 Å². The predicted octanol–water partition coefficient (Wildman–Crippen LogP) is 1.28. The van der Waals surface area contributed by atoms with Crippen molar-refractivity contribution in [1.82, 2.24) is 30.7 Å². The van der Waals surface area contributed by atoms with Crippen molar-refractivity contribution in [2.24, 2.45) is 5.10 Å². The zero-order valence-electron chi connectivity index (χ0n) is 16.0. The molecule has 0 bridgehead atoms. The lowest BCUT2D eigenvalue weighted by Gasteiger charge is -2.05. The van der Waals surface area contributed by atoms with Gasteiger partial charge >= 0.3 is 0 Å². The van der Waals surface area contributed by atoms with E-state index < -0.39 is 10.8 Å². The van der Waals surface area contributed by atoms with Gasteiger partial charge in [0.2, 0.25) is 11.6 Å². The fourth-order valence-corrected chi connectivity index (χ4v) is 2.75. The van der Waals surface area contributed by atoms with Gasteiger partial charge in [0.05, 0.1) is 11.1 Å². The Morgan fingerprint density at radius 2 is 2.03 bits per heavy atom. The Labute approximate surface area is 178 Å². The van der Waals surface area contributed by atoms with Crippen LogP contribution in [0.3, 0.4) is 0 Å². The van der Waals surface area contributed by atoms with E-state index in [2.05, 4.69) is 35.8 Å². The van der Waals surface area contributed by atoms with E-state index in [1.807, 2.05) is 0 Å². The summed E-state index contributed by atoms with van der Waals surface area (Å²) in [6.45, 7) is 0. The number of phenolic OH excluding ortho intramolecular Hbond substituents is 1. The molecule has 160 valence electrons. The smallest absolute Gasteiger partial charge is 0.294 e. The number of nitrogens with two attached hydrogens (primary N) is 1. The maximum atomic E-state index is 12.8. The molecule has 4 rings (SSSR count). The van der Waals surface area contributed by atoms with Gasteiger partial charge in [0.15, 0.2) is 5.69 Å². The molecule has 4 N–H and O–H groups in total. The van der Waals surface area contributed by atoms with E-state index in [1.54, 1.807) is 30.3 Å². The number of nitro benzene ring substituents is 1. The van der Waals surface area contributed by atoms with Crippen LogP contribution in [-0.4, -0.2) is 47.5 Å². The lowest BCUT2D eigenvalue weighted by atomic mass is 10.1. The first-order valence-electron chi connectivity index (χ1n) is 8.86. The first-order chi connectivity index (χ1) is 15.5. The van der Waals surface area contributed by atoms with Crippen LogP contribution in [0.15, 0.2) is 58.3 Å². The molecule has 0 radical (unpaired) electrons. The van der Waals surface area contributed by atoms with Gasteiger partial charge in [-0.05, 0) is 16.4 Å². The summed E-state index contributed by atoms with van der Waals surface area (Å²) >= 11 is 0. The molecule has 0 aliphatic heterocycles. The molecule has 2 heterocycles. The van der Waals surface area contributed by atoms with Crippen molar-refractivity contribution in [2.45, 2.75) is 0 Å². The van der Waals surface area contributed by atoms with Crippen molar-refractivity contribution >= 4 is 23.6 Å². The van der Waals surface area contributed by atoms with E-state index >= 15 is 0 Å². The summed E-state index contributed by atoms with van der Waals surface area (Å²) in [6, 6.07) is 12.1. The zero-order valence-corrected chi connectivity index (χ0v) is 16.0. The molecule has 1 amide bonds. The lowest BCUT2D eigenvalue weighted by molar-refractivity contribution is -0.384. The quantitative estimate of drug-likeness (QED) is 0.225. The molecule has 0 aliphatic carbocycles. The SMILES string of the molecule is Nc1nonc1-n1nnc(C(=O)NN=Cc2cc([N+](=O)[O-])ccc2O)c1-c1ccccc1. The normalized spacial score (nSPS) is 11.0. The first-order valence-corrected chi connectivity index (χ1v) is 8.86. The Morgan fingerprint density at radius 3 is 2.72 bits per heavy atom.